The maximum atomic E-state index is 11.9. The molecule has 0 aromatic carbocycles. The number of hydrazone groups is 1. The number of carbonyl (C=O) groups excluding carboxylic acids is 2. The Bertz CT molecular complexity index is 548. The molecule has 2 fully saturated rings. The van der Waals surface area contributed by atoms with Gasteiger partial charge in [0.15, 0.2) is 0 Å². The molecule has 2 aliphatic rings. The van der Waals surface area contributed by atoms with E-state index in [2.05, 4.69) is 36.6 Å². The summed E-state index contributed by atoms with van der Waals surface area (Å²) in [4.78, 5) is 23.4. The molecule has 0 heterocycles. The summed E-state index contributed by atoms with van der Waals surface area (Å²) in [6.07, 6.45) is 3.03. The second kappa shape index (κ2) is 6.37. The summed E-state index contributed by atoms with van der Waals surface area (Å²) in [7, 11) is 0. The highest BCUT2D eigenvalue weighted by atomic mass is 16.6. The Hall–Kier alpha value is -1.59. The number of nitrogens with zero attached hydrogens (tertiary/aromatic N) is 1. The van der Waals surface area contributed by atoms with E-state index in [4.69, 9.17) is 4.74 Å². The third-order valence-electron chi connectivity index (χ3n) is 5.85. The normalized spacial score (nSPS) is 29.6. The first kappa shape index (κ1) is 18.7. The Morgan fingerprint density at radius 1 is 1.29 bits per heavy atom. The van der Waals surface area contributed by atoms with Crippen molar-refractivity contribution in [3.8, 4) is 0 Å². The summed E-state index contributed by atoms with van der Waals surface area (Å²) >= 11 is 0. The molecule has 2 rings (SSSR count). The smallest absolute Gasteiger partial charge is 0.407 e. The van der Waals surface area contributed by atoms with E-state index < -0.39 is 11.7 Å². The van der Waals surface area contributed by atoms with Gasteiger partial charge in [-0.2, -0.15) is 5.10 Å². The maximum Gasteiger partial charge on any atom is 0.407 e. The molecule has 0 aromatic heterocycles. The molecular weight excluding hydrogens is 306 g/mol. The lowest BCUT2D eigenvalue weighted by atomic mass is 9.70. The van der Waals surface area contributed by atoms with Gasteiger partial charge in [-0.1, -0.05) is 20.8 Å². The molecule has 2 bridgehead atoms. The van der Waals surface area contributed by atoms with Crippen molar-refractivity contribution in [2.24, 2.45) is 21.8 Å². The standard InChI is InChI=1S/C18H31N3O3/c1-16(2,3)24-15(23)19-10-8-14(22)21-20-13-11-12-7-9-18(13,6)17(12,4)5/h12H,7-11H2,1-6H3,(H,19,23)(H,21,22)/b20-13-/t12-,18-/m0/s1. The van der Waals surface area contributed by atoms with Crippen molar-refractivity contribution in [1.29, 1.82) is 0 Å². The maximum absolute atomic E-state index is 11.9. The Balaban J connectivity index is 1.77. The van der Waals surface area contributed by atoms with Crippen molar-refractivity contribution in [2.75, 3.05) is 6.54 Å². The summed E-state index contributed by atoms with van der Waals surface area (Å²) in [5.41, 5.74) is 3.55. The molecule has 2 saturated carbocycles. The van der Waals surface area contributed by atoms with Gasteiger partial charge in [0.25, 0.3) is 0 Å². The molecular formula is C18H31N3O3. The van der Waals surface area contributed by atoms with Gasteiger partial charge in [0.2, 0.25) is 5.91 Å². The van der Waals surface area contributed by atoms with Crippen molar-refractivity contribution >= 4 is 17.7 Å². The third-order valence-corrected chi connectivity index (χ3v) is 5.85. The zero-order chi connectivity index (χ0) is 18.2. The van der Waals surface area contributed by atoms with Crippen LogP contribution < -0.4 is 10.7 Å². The van der Waals surface area contributed by atoms with Crippen LogP contribution in [0, 0.1) is 16.7 Å². The average Bonchev–Trinajstić information content (AvgIpc) is 2.75. The molecule has 0 aliphatic heterocycles. The van der Waals surface area contributed by atoms with Gasteiger partial charge < -0.3 is 10.1 Å². The van der Waals surface area contributed by atoms with E-state index in [0.717, 1.165) is 18.6 Å². The van der Waals surface area contributed by atoms with E-state index in [0.29, 0.717) is 5.92 Å². The predicted octanol–water partition coefficient (Wildman–Crippen LogP) is 3.22. The summed E-state index contributed by atoms with van der Waals surface area (Å²) in [6.45, 7) is 12.5. The highest BCUT2D eigenvalue weighted by Crippen LogP contribution is 2.63. The van der Waals surface area contributed by atoms with Gasteiger partial charge in [-0.15, -0.1) is 0 Å². The van der Waals surface area contributed by atoms with Gasteiger partial charge in [-0.3, -0.25) is 4.79 Å². The van der Waals surface area contributed by atoms with Crippen LogP contribution in [-0.4, -0.2) is 29.9 Å². The van der Waals surface area contributed by atoms with Gasteiger partial charge in [-0.25, -0.2) is 10.2 Å². The lowest BCUT2D eigenvalue weighted by Gasteiger charge is -2.34. The van der Waals surface area contributed by atoms with Crippen molar-refractivity contribution in [2.45, 2.75) is 72.8 Å². The van der Waals surface area contributed by atoms with Gasteiger partial charge >= 0.3 is 6.09 Å². The fraction of sp³-hybridized carbons (Fsp3) is 0.833. The molecule has 6 nitrogen and oxygen atoms in total. The monoisotopic (exact) mass is 337 g/mol. The van der Waals surface area contributed by atoms with Crippen LogP contribution >= 0.6 is 0 Å². The Kier molecular flexibility index (Phi) is 4.98. The first-order chi connectivity index (χ1) is 11.0. The molecule has 24 heavy (non-hydrogen) atoms. The topological polar surface area (TPSA) is 79.8 Å². The molecule has 0 unspecified atom stereocenters. The quantitative estimate of drug-likeness (QED) is 0.773. The Morgan fingerprint density at radius 2 is 1.96 bits per heavy atom. The first-order valence-corrected chi connectivity index (χ1v) is 8.78. The van der Waals surface area contributed by atoms with E-state index in [-0.39, 0.29) is 29.7 Å². The number of nitrogens with one attached hydrogen (secondary N) is 2. The molecule has 2 atom stereocenters. The third kappa shape index (κ3) is 3.73. The fourth-order valence-corrected chi connectivity index (χ4v) is 3.88. The average molecular weight is 337 g/mol. The Morgan fingerprint density at radius 3 is 2.46 bits per heavy atom. The molecule has 0 spiro atoms. The molecule has 0 aromatic rings. The molecule has 2 amide bonds. The summed E-state index contributed by atoms with van der Waals surface area (Å²) in [6, 6.07) is 0. The van der Waals surface area contributed by atoms with E-state index in [1.165, 1.54) is 6.42 Å². The highest BCUT2D eigenvalue weighted by molar-refractivity contribution is 5.95. The number of hydrogen-bond acceptors (Lipinski definition) is 4. The molecule has 0 radical (unpaired) electrons. The van der Waals surface area contributed by atoms with E-state index in [1.54, 1.807) is 20.8 Å². The number of amides is 2. The first-order valence-electron chi connectivity index (χ1n) is 8.78. The van der Waals surface area contributed by atoms with Gasteiger partial charge in [0.05, 0.1) is 0 Å². The van der Waals surface area contributed by atoms with Crippen molar-refractivity contribution in [3.63, 3.8) is 0 Å². The van der Waals surface area contributed by atoms with E-state index in [9.17, 15) is 9.59 Å². The van der Waals surface area contributed by atoms with E-state index >= 15 is 0 Å². The zero-order valence-electron chi connectivity index (χ0n) is 15.8. The molecule has 0 saturated heterocycles. The SMILES string of the molecule is CC(C)(C)OC(=O)NCCC(=O)N/N=C1/C[C@@H]2CC[C@]1(C)C2(C)C. The number of rotatable bonds is 4. The van der Waals surface area contributed by atoms with Crippen LogP contribution in [0.2, 0.25) is 0 Å². The van der Waals surface area contributed by atoms with Crippen molar-refractivity contribution < 1.29 is 14.3 Å². The van der Waals surface area contributed by atoms with Gasteiger partial charge in [0, 0.05) is 24.1 Å². The largest absolute Gasteiger partial charge is 0.444 e. The van der Waals surface area contributed by atoms with Crippen LogP contribution in [0.3, 0.4) is 0 Å². The van der Waals surface area contributed by atoms with Crippen LogP contribution in [0.15, 0.2) is 5.10 Å². The minimum Gasteiger partial charge on any atom is -0.444 e. The second-order valence-electron chi connectivity index (χ2n) is 8.77. The van der Waals surface area contributed by atoms with Crippen LogP contribution in [0.1, 0.15) is 67.2 Å². The van der Waals surface area contributed by atoms with Gasteiger partial charge in [0.1, 0.15) is 5.60 Å². The van der Waals surface area contributed by atoms with Gasteiger partial charge in [-0.05, 0) is 51.4 Å². The molecule has 6 heteroatoms. The van der Waals surface area contributed by atoms with Crippen LogP contribution in [0.25, 0.3) is 0 Å². The lowest BCUT2D eigenvalue weighted by molar-refractivity contribution is -0.120. The summed E-state index contributed by atoms with van der Waals surface area (Å²) in [5, 5.41) is 6.98. The summed E-state index contributed by atoms with van der Waals surface area (Å²) in [5.74, 6) is 0.467. The minimum absolute atomic E-state index is 0.0830. The predicted molar refractivity (Wildman–Crippen MR) is 93.7 cm³/mol. The van der Waals surface area contributed by atoms with Crippen LogP contribution in [0.4, 0.5) is 4.79 Å². The lowest BCUT2D eigenvalue weighted by Crippen LogP contribution is -2.36. The van der Waals surface area contributed by atoms with Crippen LogP contribution in [0.5, 0.6) is 0 Å². The number of carbonyl (C=O) groups is 2. The van der Waals surface area contributed by atoms with Crippen LogP contribution in [-0.2, 0) is 9.53 Å². The molecule has 136 valence electrons. The highest BCUT2D eigenvalue weighted by Gasteiger charge is 2.59. The number of fused-ring (bicyclic) bond motifs is 2. The minimum atomic E-state index is -0.539. The fourth-order valence-electron chi connectivity index (χ4n) is 3.88. The number of hydrogen-bond donors (Lipinski definition) is 2. The van der Waals surface area contributed by atoms with Crippen molar-refractivity contribution in [1.82, 2.24) is 10.7 Å². The number of ether oxygens (including phenoxy) is 1. The molecule has 2 aliphatic carbocycles. The van der Waals surface area contributed by atoms with Crippen molar-refractivity contribution in [3.05, 3.63) is 0 Å². The second-order valence-corrected chi connectivity index (χ2v) is 8.77. The summed E-state index contributed by atoms with van der Waals surface area (Å²) < 4.78 is 5.12. The van der Waals surface area contributed by atoms with E-state index in [1.807, 2.05) is 0 Å². The Labute approximate surface area is 144 Å². The zero-order valence-corrected chi connectivity index (χ0v) is 15.8. The molecule has 2 N–H and O–H groups in total. The number of alkyl carbamates (subject to hydrolysis) is 1.